The first-order chi connectivity index (χ1) is 10.1. The van der Waals surface area contributed by atoms with Gasteiger partial charge in [0.15, 0.2) is 5.13 Å². The quantitative estimate of drug-likeness (QED) is 0.794. The summed E-state index contributed by atoms with van der Waals surface area (Å²) in [6, 6.07) is 7.37. The van der Waals surface area contributed by atoms with E-state index in [-0.39, 0.29) is 11.9 Å². The summed E-state index contributed by atoms with van der Waals surface area (Å²) in [5.74, 6) is -0.226. The second-order valence-electron chi connectivity index (χ2n) is 4.81. The van der Waals surface area contributed by atoms with Crippen LogP contribution in [-0.2, 0) is 0 Å². The van der Waals surface area contributed by atoms with Crippen LogP contribution in [0.15, 0.2) is 30.5 Å². The van der Waals surface area contributed by atoms with E-state index in [1.165, 1.54) is 11.3 Å². The van der Waals surface area contributed by atoms with E-state index in [2.05, 4.69) is 15.4 Å². The summed E-state index contributed by atoms with van der Waals surface area (Å²) >= 11 is 7.48. The molecule has 0 atom stereocenters. The molecule has 0 radical (unpaired) electrons. The molecule has 3 aromatic rings. The number of fused-ring (bicyclic) bond motifs is 1. The van der Waals surface area contributed by atoms with E-state index < -0.39 is 0 Å². The van der Waals surface area contributed by atoms with E-state index in [0.717, 1.165) is 4.70 Å². The fraction of sp³-hybridized carbons (Fsp3) is 0.214. The zero-order valence-corrected chi connectivity index (χ0v) is 13.1. The van der Waals surface area contributed by atoms with Gasteiger partial charge < -0.3 is 0 Å². The van der Waals surface area contributed by atoms with Gasteiger partial charge in [-0.3, -0.25) is 14.8 Å². The van der Waals surface area contributed by atoms with Crippen LogP contribution in [0.25, 0.3) is 10.2 Å². The third-order valence-electron chi connectivity index (χ3n) is 2.98. The molecule has 0 unspecified atom stereocenters. The molecule has 1 N–H and O–H groups in total. The van der Waals surface area contributed by atoms with Crippen molar-refractivity contribution in [3.05, 3.63) is 41.2 Å². The second kappa shape index (κ2) is 5.46. The number of nitrogens with one attached hydrogen (secondary N) is 1. The Kier molecular flexibility index (Phi) is 3.65. The van der Waals surface area contributed by atoms with Crippen molar-refractivity contribution >= 4 is 44.2 Å². The third kappa shape index (κ3) is 2.64. The van der Waals surface area contributed by atoms with Gasteiger partial charge in [-0.2, -0.15) is 5.10 Å². The molecule has 1 amide bonds. The molecule has 0 aliphatic rings. The number of benzene rings is 1. The summed E-state index contributed by atoms with van der Waals surface area (Å²) in [5.41, 5.74) is 1.21. The lowest BCUT2D eigenvalue weighted by Gasteiger charge is -2.09. The Balaban J connectivity index is 1.89. The number of amides is 1. The number of anilines is 1. The number of halogens is 1. The molecule has 7 heteroatoms. The maximum Gasteiger partial charge on any atom is 0.275 e. The Morgan fingerprint density at radius 2 is 2.19 bits per heavy atom. The molecular weight excluding hydrogens is 308 g/mol. The molecule has 5 nitrogen and oxygen atoms in total. The van der Waals surface area contributed by atoms with Crippen LogP contribution in [0.5, 0.6) is 0 Å². The topological polar surface area (TPSA) is 59.8 Å². The molecule has 0 fully saturated rings. The third-order valence-corrected chi connectivity index (χ3v) is 4.22. The van der Waals surface area contributed by atoms with Crippen LogP contribution in [0.1, 0.15) is 30.4 Å². The summed E-state index contributed by atoms with van der Waals surface area (Å²) < 4.78 is 2.62. The van der Waals surface area contributed by atoms with E-state index in [9.17, 15) is 4.79 Å². The number of hydrogen-bond donors (Lipinski definition) is 1. The van der Waals surface area contributed by atoms with Crippen molar-refractivity contribution in [2.45, 2.75) is 19.9 Å². The van der Waals surface area contributed by atoms with Gasteiger partial charge in [0.05, 0.1) is 9.72 Å². The molecule has 0 bridgehead atoms. The van der Waals surface area contributed by atoms with Gasteiger partial charge in [0, 0.05) is 12.2 Å². The van der Waals surface area contributed by atoms with E-state index >= 15 is 0 Å². The van der Waals surface area contributed by atoms with Crippen LogP contribution in [-0.4, -0.2) is 20.7 Å². The van der Waals surface area contributed by atoms with Gasteiger partial charge >= 0.3 is 0 Å². The molecule has 2 heterocycles. The van der Waals surface area contributed by atoms with Crippen LogP contribution in [0, 0.1) is 0 Å². The van der Waals surface area contributed by atoms with Crippen molar-refractivity contribution < 1.29 is 4.79 Å². The van der Waals surface area contributed by atoms with Gasteiger partial charge in [0.2, 0.25) is 0 Å². The molecule has 0 saturated heterocycles. The molecular formula is C14H13ClN4OS. The number of hydrogen-bond acceptors (Lipinski definition) is 4. The highest BCUT2D eigenvalue weighted by molar-refractivity contribution is 7.22. The average Bonchev–Trinajstić information content (AvgIpc) is 3.04. The first-order valence-corrected chi connectivity index (χ1v) is 7.65. The first-order valence-electron chi connectivity index (χ1n) is 6.46. The van der Waals surface area contributed by atoms with Crippen molar-refractivity contribution in [2.24, 2.45) is 0 Å². The van der Waals surface area contributed by atoms with Crippen molar-refractivity contribution in [3.63, 3.8) is 0 Å². The SMILES string of the molecule is CC(C)n1nccc1C(=O)Nc1nc2c(Cl)cccc2s1. The lowest BCUT2D eigenvalue weighted by atomic mass is 10.3. The fourth-order valence-electron chi connectivity index (χ4n) is 2.04. The highest BCUT2D eigenvalue weighted by Gasteiger charge is 2.16. The molecule has 108 valence electrons. The maximum absolute atomic E-state index is 12.3. The van der Waals surface area contributed by atoms with Gasteiger partial charge in [0.1, 0.15) is 11.2 Å². The van der Waals surface area contributed by atoms with Crippen LogP contribution in [0.4, 0.5) is 5.13 Å². The van der Waals surface area contributed by atoms with Gasteiger partial charge in [-0.05, 0) is 32.0 Å². The van der Waals surface area contributed by atoms with Crippen LogP contribution >= 0.6 is 22.9 Å². The lowest BCUT2D eigenvalue weighted by Crippen LogP contribution is -2.18. The van der Waals surface area contributed by atoms with Crippen LogP contribution in [0.3, 0.4) is 0 Å². The molecule has 0 spiro atoms. The fourth-order valence-corrected chi connectivity index (χ4v) is 3.20. The zero-order chi connectivity index (χ0) is 15.0. The van der Waals surface area contributed by atoms with E-state index in [4.69, 9.17) is 11.6 Å². The van der Waals surface area contributed by atoms with Crippen molar-refractivity contribution in [3.8, 4) is 0 Å². The number of nitrogens with zero attached hydrogens (tertiary/aromatic N) is 3. The average molecular weight is 321 g/mol. The molecule has 0 aliphatic heterocycles. The van der Waals surface area contributed by atoms with Gasteiger partial charge in [-0.25, -0.2) is 4.98 Å². The number of carbonyl (C=O) groups is 1. The largest absolute Gasteiger partial charge is 0.296 e. The number of aromatic nitrogens is 3. The summed E-state index contributed by atoms with van der Waals surface area (Å²) in [4.78, 5) is 16.7. The number of rotatable bonds is 3. The number of thiazole rings is 1. The highest BCUT2D eigenvalue weighted by atomic mass is 35.5. The monoisotopic (exact) mass is 320 g/mol. The Morgan fingerprint density at radius 1 is 1.38 bits per heavy atom. The minimum Gasteiger partial charge on any atom is -0.296 e. The Hall–Kier alpha value is -1.92. The second-order valence-corrected chi connectivity index (χ2v) is 6.25. The molecule has 0 saturated carbocycles. The number of para-hydroxylation sites is 1. The van der Waals surface area contributed by atoms with Crippen molar-refractivity contribution in [1.29, 1.82) is 0 Å². The Bertz CT molecular complexity index is 808. The lowest BCUT2D eigenvalue weighted by molar-refractivity contribution is 0.101. The van der Waals surface area contributed by atoms with E-state index in [1.54, 1.807) is 23.0 Å². The molecule has 21 heavy (non-hydrogen) atoms. The standard InChI is InChI=1S/C14H13ClN4OS/c1-8(2)19-10(6-7-16-19)13(20)18-14-17-12-9(15)4-3-5-11(12)21-14/h3-8H,1-2H3,(H,17,18,20). The molecule has 0 aliphatic carbocycles. The van der Waals surface area contributed by atoms with E-state index in [0.29, 0.717) is 21.4 Å². The predicted molar refractivity (Wildman–Crippen MR) is 85.2 cm³/mol. The Morgan fingerprint density at radius 3 is 2.90 bits per heavy atom. The normalized spacial score (nSPS) is 11.2. The summed E-state index contributed by atoms with van der Waals surface area (Å²) in [7, 11) is 0. The van der Waals surface area contributed by atoms with Crippen molar-refractivity contribution in [1.82, 2.24) is 14.8 Å². The Labute approximate surface area is 130 Å². The minimum absolute atomic E-state index is 0.116. The first kappa shape index (κ1) is 14.0. The minimum atomic E-state index is -0.226. The maximum atomic E-state index is 12.3. The molecule has 3 rings (SSSR count). The summed E-state index contributed by atoms with van der Waals surface area (Å²) in [6.45, 7) is 3.95. The highest BCUT2D eigenvalue weighted by Crippen LogP contribution is 2.30. The number of carbonyl (C=O) groups excluding carboxylic acids is 1. The molecule has 2 aromatic heterocycles. The summed E-state index contributed by atoms with van der Waals surface area (Å²) in [6.07, 6.45) is 1.62. The van der Waals surface area contributed by atoms with Crippen LogP contribution < -0.4 is 5.32 Å². The summed E-state index contributed by atoms with van der Waals surface area (Å²) in [5, 5.41) is 8.07. The van der Waals surface area contributed by atoms with Crippen LogP contribution in [0.2, 0.25) is 5.02 Å². The zero-order valence-electron chi connectivity index (χ0n) is 11.5. The predicted octanol–water partition coefficient (Wildman–Crippen LogP) is 3.98. The smallest absolute Gasteiger partial charge is 0.275 e. The van der Waals surface area contributed by atoms with E-state index in [1.807, 2.05) is 26.0 Å². The van der Waals surface area contributed by atoms with Gasteiger partial charge in [0.25, 0.3) is 5.91 Å². The van der Waals surface area contributed by atoms with Gasteiger partial charge in [-0.1, -0.05) is 29.0 Å². The molecule has 1 aromatic carbocycles. The van der Waals surface area contributed by atoms with Gasteiger partial charge in [-0.15, -0.1) is 0 Å². The van der Waals surface area contributed by atoms with Crippen molar-refractivity contribution in [2.75, 3.05) is 5.32 Å².